The molecule has 0 aliphatic heterocycles. The van der Waals surface area contributed by atoms with Crippen LogP contribution in [0.15, 0.2) is 34.3 Å². The Hall–Kier alpha value is -0.600. The van der Waals surface area contributed by atoms with Gasteiger partial charge in [0.15, 0.2) is 0 Å². The van der Waals surface area contributed by atoms with Crippen molar-refractivity contribution in [2.75, 3.05) is 0 Å². The van der Waals surface area contributed by atoms with Crippen LogP contribution in [0.5, 0.6) is 0 Å². The van der Waals surface area contributed by atoms with Crippen LogP contribution in [0.2, 0.25) is 0 Å². The molecule has 1 nitrogen and oxygen atoms in total. The van der Waals surface area contributed by atoms with Crippen LogP contribution in [0.4, 0.5) is 0 Å². The van der Waals surface area contributed by atoms with E-state index in [9.17, 15) is 4.79 Å². The number of allylic oxidation sites excluding steroid dienone is 1. The lowest BCUT2D eigenvalue weighted by Crippen LogP contribution is -1.85. The van der Waals surface area contributed by atoms with Gasteiger partial charge in [0.25, 0.3) is 0 Å². The van der Waals surface area contributed by atoms with Crippen LogP contribution in [0.1, 0.15) is 12.5 Å². The van der Waals surface area contributed by atoms with E-state index in [1.54, 1.807) is 6.92 Å². The minimum Gasteiger partial charge on any atom is -0.298 e. The molecule has 0 bridgehead atoms. The highest BCUT2D eigenvalue weighted by Gasteiger charge is 2.05. The van der Waals surface area contributed by atoms with E-state index in [1.807, 2.05) is 24.3 Å². The van der Waals surface area contributed by atoms with Crippen molar-refractivity contribution in [2.45, 2.75) is 6.92 Å². The molecule has 1 rings (SSSR count). The predicted octanol–water partition coefficient (Wildman–Crippen LogP) is 3.62. The Labute approximate surface area is 90.5 Å². The first-order valence-corrected chi connectivity index (χ1v) is 4.90. The molecule has 3 heteroatoms. The van der Waals surface area contributed by atoms with Crippen LogP contribution in [0, 0.1) is 0 Å². The molecule has 0 heterocycles. The maximum absolute atomic E-state index is 10.5. The van der Waals surface area contributed by atoms with E-state index in [-0.39, 0.29) is 0 Å². The van der Waals surface area contributed by atoms with Crippen molar-refractivity contribution in [1.29, 1.82) is 0 Å². The van der Waals surface area contributed by atoms with Gasteiger partial charge in [-0.2, -0.15) is 0 Å². The lowest BCUT2D eigenvalue weighted by molar-refractivity contribution is -0.104. The predicted molar refractivity (Wildman–Crippen MR) is 58.7 cm³/mol. The van der Waals surface area contributed by atoms with Gasteiger partial charge < -0.3 is 0 Å². The van der Waals surface area contributed by atoms with Crippen molar-refractivity contribution in [3.63, 3.8) is 0 Å². The molecule has 1 aromatic rings. The SMILES string of the molecule is C/C(C=O)=C(\Cl)c1ccccc1Br. The summed E-state index contributed by atoms with van der Waals surface area (Å²) in [7, 11) is 0. The second-order valence-corrected chi connectivity index (χ2v) is 3.83. The average Bonchev–Trinajstić information content (AvgIpc) is 2.16. The molecule has 0 aliphatic rings. The van der Waals surface area contributed by atoms with Gasteiger partial charge in [0.2, 0.25) is 0 Å². The van der Waals surface area contributed by atoms with Gasteiger partial charge in [0.1, 0.15) is 6.29 Å². The standard InChI is InChI=1S/C10H8BrClO/c1-7(6-13)10(12)8-4-2-3-5-9(8)11/h2-6H,1H3/b10-7+. The third-order valence-corrected chi connectivity index (χ3v) is 2.83. The number of benzene rings is 1. The van der Waals surface area contributed by atoms with E-state index in [0.717, 1.165) is 16.3 Å². The quantitative estimate of drug-likeness (QED) is 0.586. The highest BCUT2D eigenvalue weighted by atomic mass is 79.9. The maximum Gasteiger partial charge on any atom is 0.147 e. The summed E-state index contributed by atoms with van der Waals surface area (Å²) in [6.45, 7) is 1.69. The zero-order valence-electron chi connectivity index (χ0n) is 7.05. The largest absolute Gasteiger partial charge is 0.298 e. The molecule has 0 N–H and O–H groups in total. The lowest BCUT2D eigenvalue weighted by Gasteiger charge is -2.03. The molecule has 0 fully saturated rings. The zero-order chi connectivity index (χ0) is 9.84. The molecule has 0 amide bonds. The number of carbonyl (C=O) groups is 1. The van der Waals surface area contributed by atoms with Crippen LogP contribution < -0.4 is 0 Å². The molecule has 0 atom stereocenters. The topological polar surface area (TPSA) is 17.1 Å². The third kappa shape index (κ3) is 2.42. The van der Waals surface area contributed by atoms with Crippen molar-refractivity contribution in [3.8, 4) is 0 Å². The summed E-state index contributed by atoms with van der Waals surface area (Å²) >= 11 is 9.34. The Morgan fingerprint density at radius 3 is 2.62 bits per heavy atom. The van der Waals surface area contributed by atoms with E-state index in [4.69, 9.17) is 11.6 Å². The molecular weight excluding hydrogens is 251 g/mol. The molecular formula is C10H8BrClO. The second-order valence-electron chi connectivity index (χ2n) is 2.59. The Kier molecular flexibility index (Phi) is 3.70. The third-order valence-electron chi connectivity index (χ3n) is 1.63. The van der Waals surface area contributed by atoms with Crippen molar-refractivity contribution < 1.29 is 4.79 Å². The minimum absolute atomic E-state index is 0.488. The molecule has 0 aromatic heterocycles. The number of aldehydes is 1. The van der Waals surface area contributed by atoms with Crippen LogP contribution in [-0.4, -0.2) is 6.29 Å². The molecule has 0 radical (unpaired) electrons. The smallest absolute Gasteiger partial charge is 0.147 e. The summed E-state index contributed by atoms with van der Waals surface area (Å²) in [6.07, 6.45) is 0.752. The highest BCUT2D eigenvalue weighted by molar-refractivity contribution is 9.10. The Balaban J connectivity index is 3.23. The second kappa shape index (κ2) is 4.58. The van der Waals surface area contributed by atoms with Gasteiger partial charge in [0, 0.05) is 15.6 Å². The highest BCUT2D eigenvalue weighted by Crippen LogP contribution is 2.28. The number of rotatable bonds is 2. The summed E-state index contributed by atoms with van der Waals surface area (Å²) in [6, 6.07) is 7.52. The fourth-order valence-electron chi connectivity index (χ4n) is 0.903. The van der Waals surface area contributed by atoms with Gasteiger partial charge >= 0.3 is 0 Å². The fraction of sp³-hybridized carbons (Fsp3) is 0.100. The van der Waals surface area contributed by atoms with E-state index < -0.39 is 0 Å². The van der Waals surface area contributed by atoms with Gasteiger partial charge in [-0.05, 0) is 13.0 Å². The first kappa shape index (κ1) is 10.5. The van der Waals surface area contributed by atoms with Crippen LogP contribution in [0.3, 0.4) is 0 Å². The first-order chi connectivity index (χ1) is 6.16. The molecule has 68 valence electrons. The summed E-state index contributed by atoms with van der Waals surface area (Å²) in [5.74, 6) is 0. The number of carbonyl (C=O) groups excluding carboxylic acids is 1. The molecule has 0 saturated carbocycles. The van der Waals surface area contributed by atoms with Crippen molar-refractivity contribution in [1.82, 2.24) is 0 Å². The fourth-order valence-corrected chi connectivity index (χ4v) is 1.71. The molecule has 1 aromatic carbocycles. The number of hydrogen-bond acceptors (Lipinski definition) is 1. The van der Waals surface area contributed by atoms with Gasteiger partial charge in [-0.15, -0.1) is 0 Å². The Bertz CT molecular complexity index is 358. The number of halogens is 2. The molecule has 13 heavy (non-hydrogen) atoms. The van der Waals surface area contributed by atoms with Gasteiger partial charge in [-0.1, -0.05) is 45.7 Å². The van der Waals surface area contributed by atoms with Crippen LogP contribution in [-0.2, 0) is 4.79 Å². The van der Waals surface area contributed by atoms with Crippen molar-refractivity contribution in [3.05, 3.63) is 39.9 Å². The molecule has 0 spiro atoms. The normalized spacial score (nSPS) is 12.2. The summed E-state index contributed by atoms with van der Waals surface area (Å²) in [5, 5.41) is 0.488. The Morgan fingerprint density at radius 2 is 2.08 bits per heavy atom. The summed E-state index contributed by atoms with van der Waals surface area (Å²) in [4.78, 5) is 10.5. The molecule has 0 unspecified atom stereocenters. The molecule has 0 aliphatic carbocycles. The van der Waals surface area contributed by atoms with Crippen molar-refractivity contribution >= 4 is 38.8 Å². The van der Waals surface area contributed by atoms with Crippen LogP contribution in [0.25, 0.3) is 5.03 Å². The van der Waals surface area contributed by atoms with Gasteiger partial charge in [0.05, 0.1) is 5.03 Å². The van der Waals surface area contributed by atoms with Crippen molar-refractivity contribution in [2.24, 2.45) is 0 Å². The molecule has 0 saturated heterocycles. The van der Waals surface area contributed by atoms with Crippen LogP contribution >= 0.6 is 27.5 Å². The average molecular weight is 260 g/mol. The summed E-state index contributed by atoms with van der Waals surface area (Å²) < 4.78 is 0.890. The van der Waals surface area contributed by atoms with Gasteiger partial charge in [-0.3, -0.25) is 4.79 Å². The lowest BCUT2D eigenvalue weighted by atomic mass is 10.1. The maximum atomic E-state index is 10.5. The van der Waals surface area contributed by atoms with E-state index in [2.05, 4.69) is 15.9 Å². The van der Waals surface area contributed by atoms with E-state index >= 15 is 0 Å². The van der Waals surface area contributed by atoms with E-state index in [1.165, 1.54) is 0 Å². The summed E-state index contributed by atoms with van der Waals surface area (Å²) in [5.41, 5.74) is 1.38. The minimum atomic E-state index is 0.488. The van der Waals surface area contributed by atoms with Gasteiger partial charge in [-0.25, -0.2) is 0 Å². The monoisotopic (exact) mass is 258 g/mol. The van der Waals surface area contributed by atoms with E-state index in [0.29, 0.717) is 10.6 Å². The zero-order valence-corrected chi connectivity index (χ0v) is 9.39. The Morgan fingerprint density at radius 1 is 1.46 bits per heavy atom. The first-order valence-electron chi connectivity index (χ1n) is 3.73. The number of hydrogen-bond donors (Lipinski definition) is 0.